The molecule has 0 unspecified atom stereocenters. The number of hydrogen-bond donors (Lipinski definition) is 3. The van der Waals surface area contributed by atoms with E-state index >= 15 is 0 Å². The molecule has 0 bridgehead atoms. The number of benzene rings is 2. The molecule has 4 rings (SSSR count). The van der Waals surface area contributed by atoms with E-state index in [9.17, 15) is 17.2 Å². The van der Waals surface area contributed by atoms with Crippen molar-refractivity contribution in [1.29, 1.82) is 0 Å². The number of fused-ring (bicyclic) bond motifs is 1. The maximum absolute atomic E-state index is 13.9. The number of nitrogens with zero attached hydrogens (tertiary/aromatic N) is 3. The number of rotatable bonds is 6. The maximum atomic E-state index is 13.9. The van der Waals surface area contributed by atoms with E-state index in [2.05, 4.69) is 24.9 Å². The van der Waals surface area contributed by atoms with Crippen LogP contribution in [0, 0.1) is 11.6 Å². The number of nitrogens with two attached hydrogens (primary N) is 1. The maximum Gasteiger partial charge on any atom is 0.264 e. The lowest BCUT2D eigenvalue weighted by Gasteiger charge is -2.10. The summed E-state index contributed by atoms with van der Waals surface area (Å²) in [6.07, 6.45) is 0. The second-order valence-electron chi connectivity index (χ2n) is 6.38. The Balaban J connectivity index is 1.65. The van der Waals surface area contributed by atoms with Gasteiger partial charge in [-0.15, -0.1) is 0 Å². The van der Waals surface area contributed by atoms with Gasteiger partial charge in [-0.25, -0.2) is 22.2 Å². The summed E-state index contributed by atoms with van der Waals surface area (Å²) in [7, 11) is -4.33. The van der Waals surface area contributed by atoms with Gasteiger partial charge < -0.3 is 10.5 Å². The molecule has 0 spiro atoms. The number of anilines is 2. The molecule has 0 fully saturated rings. The van der Waals surface area contributed by atoms with E-state index in [4.69, 9.17) is 10.5 Å². The molecule has 9 nitrogen and oxygen atoms in total. The lowest BCUT2D eigenvalue weighted by Crippen LogP contribution is -2.14. The average Bonchev–Trinajstić information content (AvgIpc) is 3.11. The lowest BCUT2D eigenvalue weighted by atomic mass is 10.2. The predicted octanol–water partition coefficient (Wildman–Crippen LogP) is 3.08. The number of halogens is 2. The minimum absolute atomic E-state index is 0.141. The summed E-state index contributed by atoms with van der Waals surface area (Å²) in [4.78, 5) is 7.91. The van der Waals surface area contributed by atoms with Crippen LogP contribution in [0.25, 0.3) is 22.4 Å². The summed E-state index contributed by atoms with van der Waals surface area (Å²) < 4.78 is 59.8. The second-order valence-corrected chi connectivity index (χ2v) is 8.03. The molecule has 4 aromatic rings. The first-order valence-corrected chi connectivity index (χ1v) is 10.5. The van der Waals surface area contributed by atoms with Crippen LogP contribution in [0.15, 0.2) is 47.4 Å². The van der Waals surface area contributed by atoms with E-state index in [-0.39, 0.29) is 23.2 Å². The van der Waals surface area contributed by atoms with Gasteiger partial charge in [0.1, 0.15) is 27.7 Å². The van der Waals surface area contributed by atoms with Gasteiger partial charge in [-0.05, 0) is 49.4 Å². The summed E-state index contributed by atoms with van der Waals surface area (Å²) >= 11 is 0. The minimum atomic E-state index is -4.33. The molecule has 0 aliphatic heterocycles. The van der Waals surface area contributed by atoms with Gasteiger partial charge in [-0.2, -0.15) is 10.1 Å². The highest BCUT2D eigenvalue weighted by Crippen LogP contribution is 2.30. The van der Waals surface area contributed by atoms with Crippen molar-refractivity contribution in [1.82, 2.24) is 20.2 Å². The van der Waals surface area contributed by atoms with Gasteiger partial charge in [-0.3, -0.25) is 9.82 Å². The summed E-state index contributed by atoms with van der Waals surface area (Å²) in [6.45, 7) is 2.15. The first kappa shape index (κ1) is 20.5. The Morgan fingerprint density at radius 1 is 1.13 bits per heavy atom. The van der Waals surface area contributed by atoms with Gasteiger partial charge in [0.05, 0.1) is 6.61 Å². The Hall–Kier alpha value is -3.80. The minimum Gasteiger partial charge on any atom is -0.477 e. The van der Waals surface area contributed by atoms with Crippen LogP contribution >= 0.6 is 0 Å². The molecule has 2 aromatic carbocycles. The van der Waals surface area contributed by atoms with E-state index in [1.807, 2.05) is 0 Å². The van der Waals surface area contributed by atoms with Gasteiger partial charge in [0.25, 0.3) is 10.0 Å². The molecule has 0 saturated heterocycles. The van der Waals surface area contributed by atoms with Gasteiger partial charge in [-0.1, -0.05) is 0 Å². The van der Waals surface area contributed by atoms with Crippen molar-refractivity contribution in [2.75, 3.05) is 17.1 Å². The zero-order valence-electron chi connectivity index (χ0n) is 16.1. The molecular formula is C19H16F2N6O3S. The SMILES string of the molecule is CCOc1nc(-c2ccc(NS(=O)(=O)c3cc(F)ccc3F)cc2)nc2n[nH]c(N)c12. The predicted molar refractivity (Wildman–Crippen MR) is 110 cm³/mol. The normalized spacial score (nSPS) is 11.6. The van der Waals surface area contributed by atoms with Crippen LogP contribution in [0.4, 0.5) is 20.3 Å². The van der Waals surface area contributed by atoms with Crippen molar-refractivity contribution in [3.05, 3.63) is 54.1 Å². The summed E-state index contributed by atoms with van der Waals surface area (Å²) in [5.74, 6) is -1.10. The van der Waals surface area contributed by atoms with Crippen LogP contribution in [-0.4, -0.2) is 35.2 Å². The van der Waals surface area contributed by atoms with Crippen molar-refractivity contribution in [2.24, 2.45) is 0 Å². The van der Waals surface area contributed by atoms with E-state index in [1.54, 1.807) is 19.1 Å². The van der Waals surface area contributed by atoms with Crippen molar-refractivity contribution in [2.45, 2.75) is 11.8 Å². The van der Waals surface area contributed by atoms with E-state index in [0.717, 1.165) is 12.1 Å². The van der Waals surface area contributed by atoms with Gasteiger partial charge in [0.2, 0.25) is 5.88 Å². The summed E-state index contributed by atoms with van der Waals surface area (Å²) in [5.41, 5.74) is 6.85. The summed E-state index contributed by atoms with van der Waals surface area (Å²) in [5, 5.41) is 7.11. The number of ether oxygens (including phenoxy) is 1. The average molecular weight is 446 g/mol. The number of nitrogens with one attached hydrogen (secondary N) is 2. The Kier molecular flexibility index (Phi) is 5.15. The molecule has 0 aliphatic carbocycles. The van der Waals surface area contributed by atoms with Crippen LogP contribution in [0.1, 0.15) is 6.92 Å². The summed E-state index contributed by atoms with van der Waals surface area (Å²) in [6, 6.07) is 8.20. The van der Waals surface area contributed by atoms with E-state index in [1.165, 1.54) is 12.1 Å². The third-order valence-corrected chi connectivity index (χ3v) is 5.66. The molecule has 0 aliphatic rings. The highest BCUT2D eigenvalue weighted by molar-refractivity contribution is 7.92. The van der Waals surface area contributed by atoms with Crippen LogP contribution < -0.4 is 15.2 Å². The van der Waals surface area contributed by atoms with Gasteiger partial charge in [0.15, 0.2) is 11.5 Å². The topological polar surface area (TPSA) is 136 Å². The second kappa shape index (κ2) is 7.80. The fraction of sp³-hybridized carbons (Fsp3) is 0.105. The molecular weight excluding hydrogens is 430 g/mol. The lowest BCUT2D eigenvalue weighted by molar-refractivity contribution is 0.331. The Morgan fingerprint density at radius 2 is 1.87 bits per heavy atom. The third kappa shape index (κ3) is 3.97. The number of sulfonamides is 1. The Labute approximate surface area is 175 Å². The van der Waals surface area contributed by atoms with Crippen LogP contribution in [-0.2, 0) is 10.0 Å². The van der Waals surface area contributed by atoms with Crippen molar-refractivity contribution in [3.8, 4) is 17.3 Å². The molecule has 0 radical (unpaired) electrons. The molecule has 2 heterocycles. The Morgan fingerprint density at radius 3 is 2.58 bits per heavy atom. The fourth-order valence-electron chi connectivity index (χ4n) is 2.87. The molecule has 2 aromatic heterocycles. The van der Waals surface area contributed by atoms with E-state index in [0.29, 0.717) is 29.3 Å². The monoisotopic (exact) mass is 446 g/mol. The quantitative estimate of drug-likeness (QED) is 0.414. The standard InChI is InChI=1S/C19H16F2N6O3S/c1-2-30-19-15-16(22)25-26-18(15)23-17(24-19)10-3-6-12(7-4-10)27-31(28,29)14-9-11(20)5-8-13(14)21/h3-9,27H,2H2,1H3,(H3,22,23,24,25,26). The molecule has 0 amide bonds. The first-order chi connectivity index (χ1) is 14.8. The number of aromatic amines is 1. The molecule has 12 heteroatoms. The molecule has 31 heavy (non-hydrogen) atoms. The zero-order chi connectivity index (χ0) is 22.2. The van der Waals surface area contributed by atoms with Crippen molar-refractivity contribution >= 4 is 32.6 Å². The number of aromatic nitrogens is 4. The smallest absolute Gasteiger partial charge is 0.264 e. The molecule has 0 saturated carbocycles. The Bertz CT molecular complexity index is 1370. The van der Waals surface area contributed by atoms with Gasteiger partial charge >= 0.3 is 0 Å². The highest BCUT2D eigenvalue weighted by Gasteiger charge is 2.20. The highest BCUT2D eigenvalue weighted by atomic mass is 32.2. The molecule has 0 atom stereocenters. The van der Waals surface area contributed by atoms with Crippen molar-refractivity contribution in [3.63, 3.8) is 0 Å². The number of nitrogen functional groups attached to an aromatic ring is 1. The molecule has 160 valence electrons. The van der Waals surface area contributed by atoms with Gasteiger partial charge in [0, 0.05) is 11.3 Å². The van der Waals surface area contributed by atoms with Crippen LogP contribution in [0.3, 0.4) is 0 Å². The van der Waals surface area contributed by atoms with Crippen molar-refractivity contribution < 1.29 is 21.9 Å². The van der Waals surface area contributed by atoms with Crippen LogP contribution in [0.5, 0.6) is 5.88 Å². The third-order valence-electron chi connectivity index (χ3n) is 4.27. The van der Waals surface area contributed by atoms with E-state index < -0.39 is 26.6 Å². The zero-order valence-corrected chi connectivity index (χ0v) is 16.9. The number of H-pyrrole nitrogens is 1. The fourth-order valence-corrected chi connectivity index (χ4v) is 4.01. The molecule has 4 N–H and O–H groups in total. The largest absolute Gasteiger partial charge is 0.477 e. The number of hydrogen-bond acceptors (Lipinski definition) is 7. The first-order valence-electron chi connectivity index (χ1n) is 9.01. The van der Waals surface area contributed by atoms with Crippen LogP contribution in [0.2, 0.25) is 0 Å².